The van der Waals surface area contributed by atoms with Gasteiger partial charge in [-0.05, 0) is 38.0 Å². The van der Waals surface area contributed by atoms with Gasteiger partial charge in [0.05, 0.1) is 6.10 Å². The highest BCUT2D eigenvalue weighted by Crippen LogP contribution is 2.32. The first kappa shape index (κ1) is 13.2. The van der Waals surface area contributed by atoms with E-state index < -0.39 is 0 Å². The fourth-order valence-electron chi connectivity index (χ4n) is 2.45. The summed E-state index contributed by atoms with van der Waals surface area (Å²) in [5.41, 5.74) is 0. The Kier molecular flexibility index (Phi) is 5.86. The fraction of sp³-hybridized carbons (Fsp3) is 1.00. The van der Waals surface area contributed by atoms with Crippen molar-refractivity contribution in [3.8, 4) is 0 Å². The Labute approximate surface area is 97.3 Å². The number of ether oxygens (including phenoxy) is 1. The van der Waals surface area contributed by atoms with Crippen LogP contribution in [0.1, 0.15) is 52.9 Å². The van der Waals surface area contributed by atoms with Gasteiger partial charge in [-0.25, -0.2) is 0 Å². The van der Waals surface area contributed by atoms with E-state index in [1.165, 1.54) is 32.1 Å². The third-order valence-electron chi connectivity index (χ3n) is 3.33. The molecule has 0 saturated heterocycles. The molecule has 3 heteroatoms. The second kappa shape index (κ2) is 6.66. The van der Waals surface area contributed by atoms with Crippen LogP contribution in [0, 0.1) is 11.8 Å². The Bertz CT molecular complexity index is 167. The summed E-state index contributed by atoms with van der Waals surface area (Å²) in [5, 5.41) is 0. The average molecular weight is 230 g/mol. The zero-order valence-electron chi connectivity index (χ0n) is 10.7. The molecule has 0 aromatic rings. The van der Waals surface area contributed by atoms with Gasteiger partial charge in [-0.3, -0.25) is 0 Å². The Morgan fingerprint density at radius 3 is 2.27 bits per heavy atom. The van der Waals surface area contributed by atoms with Crippen molar-refractivity contribution in [2.24, 2.45) is 11.8 Å². The molecule has 0 N–H and O–H groups in total. The molecule has 15 heavy (non-hydrogen) atoms. The minimum atomic E-state index is 0.000941. The monoisotopic (exact) mass is 230 g/mol. The van der Waals surface area contributed by atoms with Gasteiger partial charge in [-0.1, -0.05) is 26.7 Å². The second-order valence-corrected chi connectivity index (χ2v) is 5.62. The summed E-state index contributed by atoms with van der Waals surface area (Å²) in [6.45, 7) is 6.57. The Balaban J connectivity index is 2.43. The van der Waals surface area contributed by atoms with E-state index >= 15 is 0 Å². The van der Waals surface area contributed by atoms with Crippen LogP contribution in [-0.2, 0) is 9.16 Å². The Morgan fingerprint density at radius 2 is 1.80 bits per heavy atom. The summed E-state index contributed by atoms with van der Waals surface area (Å²) in [6, 6.07) is 0. The molecule has 1 fully saturated rings. The normalized spacial score (nSPS) is 22.4. The molecule has 0 spiro atoms. The summed E-state index contributed by atoms with van der Waals surface area (Å²) in [5.74, 6) is 1.50. The van der Waals surface area contributed by atoms with Crippen molar-refractivity contribution in [1.82, 2.24) is 0 Å². The van der Waals surface area contributed by atoms with Crippen molar-refractivity contribution in [2.45, 2.75) is 65.3 Å². The smallest absolute Gasteiger partial charge is 0.149 e. The van der Waals surface area contributed by atoms with Crippen LogP contribution >= 0.6 is 0 Å². The predicted octanol–water partition coefficient (Wildman–Crippen LogP) is 2.25. The summed E-state index contributed by atoms with van der Waals surface area (Å²) >= 11 is 0. The topological polar surface area (TPSA) is 18.5 Å². The van der Waals surface area contributed by atoms with Crippen LogP contribution in [-0.4, -0.2) is 22.9 Å². The summed E-state index contributed by atoms with van der Waals surface area (Å²) < 4.78 is 11.3. The summed E-state index contributed by atoms with van der Waals surface area (Å²) in [6.07, 6.45) is 7.09. The van der Waals surface area contributed by atoms with E-state index in [1.807, 2.05) is 6.92 Å². The first-order chi connectivity index (χ1) is 7.13. The van der Waals surface area contributed by atoms with Gasteiger partial charge in [0, 0.05) is 0 Å². The van der Waals surface area contributed by atoms with Crippen LogP contribution in [0.3, 0.4) is 0 Å². The van der Waals surface area contributed by atoms with Gasteiger partial charge < -0.3 is 9.16 Å². The lowest BCUT2D eigenvalue weighted by molar-refractivity contribution is -0.128. The van der Waals surface area contributed by atoms with Gasteiger partial charge in [-0.15, -0.1) is 0 Å². The molecule has 2 nitrogen and oxygen atoms in total. The molecule has 0 radical (unpaired) electrons. The van der Waals surface area contributed by atoms with E-state index in [9.17, 15) is 0 Å². The van der Waals surface area contributed by atoms with Gasteiger partial charge in [0.2, 0.25) is 0 Å². The van der Waals surface area contributed by atoms with Crippen molar-refractivity contribution >= 4 is 10.5 Å². The summed E-state index contributed by atoms with van der Waals surface area (Å²) in [4.78, 5) is 0. The molecule has 1 aliphatic carbocycles. The zero-order chi connectivity index (χ0) is 11.3. The van der Waals surface area contributed by atoms with Crippen molar-refractivity contribution < 1.29 is 9.16 Å². The molecule has 0 aliphatic heterocycles. The van der Waals surface area contributed by atoms with Gasteiger partial charge in [0.1, 0.15) is 16.8 Å². The number of hydrogen-bond donors (Lipinski definition) is 0. The van der Waals surface area contributed by atoms with Crippen molar-refractivity contribution in [2.75, 3.05) is 0 Å². The van der Waals surface area contributed by atoms with Gasteiger partial charge in [0.15, 0.2) is 0 Å². The van der Waals surface area contributed by atoms with Crippen LogP contribution in [0.4, 0.5) is 0 Å². The van der Waals surface area contributed by atoms with Crippen molar-refractivity contribution in [1.29, 1.82) is 0 Å². The molecule has 1 rings (SSSR count). The first-order valence-electron chi connectivity index (χ1n) is 6.31. The van der Waals surface area contributed by atoms with Crippen LogP contribution in [0.25, 0.3) is 0 Å². The standard InChI is InChI=1S/C12H26O2Si/c1-9(2)8-12(13-10(3)14-15)11-6-4-5-7-11/h9-12H,4-8H2,1-3,15H3. The molecule has 0 amide bonds. The molecule has 2 unspecified atom stereocenters. The van der Waals surface area contributed by atoms with Crippen LogP contribution in [0.15, 0.2) is 0 Å². The molecule has 0 aromatic heterocycles. The number of hydrogen-bond acceptors (Lipinski definition) is 2. The molecular weight excluding hydrogens is 204 g/mol. The third-order valence-corrected chi connectivity index (χ3v) is 3.99. The summed E-state index contributed by atoms with van der Waals surface area (Å²) in [7, 11) is 0.767. The SMILES string of the molecule is CC(C)CC(OC(C)O[SiH3])C1CCCC1. The Hall–Kier alpha value is 0.137. The minimum absolute atomic E-state index is 0.000941. The molecule has 0 heterocycles. The molecule has 0 aromatic carbocycles. The van der Waals surface area contributed by atoms with Crippen molar-refractivity contribution in [3.05, 3.63) is 0 Å². The van der Waals surface area contributed by atoms with E-state index in [4.69, 9.17) is 9.16 Å². The van der Waals surface area contributed by atoms with Crippen LogP contribution in [0.2, 0.25) is 0 Å². The highest BCUT2D eigenvalue weighted by Gasteiger charge is 2.27. The largest absolute Gasteiger partial charge is 0.404 e. The molecule has 90 valence electrons. The van der Waals surface area contributed by atoms with E-state index in [1.54, 1.807) is 0 Å². The average Bonchev–Trinajstić information content (AvgIpc) is 2.68. The molecule has 1 saturated carbocycles. The first-order valence-corrected chi connectivity index (χ1v) is 7.13. The lowest BCUT2D eigenvalue weighted by Crippen LogP contribution is -2.29. The fourth-order valence-corrected chi connectivity index (χ4v) is 2.57. The quantitative estimate of drug-likeness (QED) is 0.515. The number of rotatable bonds is 6. The lowest BCUT2D eigenvalue weighted by atomic mass is 9.93. The molecule has 2 atom stereocenters. The minimum Gasteiger partial charge on any atom is -0.404 e. The van der Waals surface area contributed by atoms with Gasteiger partial charge >= 0.3 is 0 Å². The van der Waals surface area contributed by atoms with Gasteiger partial charge in [0.25, 0.3) is 0 Å². The molecule has 0 bridgehead atoms. The lowest BCUT2D eigenvalue weighted by Gasteiger charge is -2.28. The molecule has 1 aliphatic rings. The van der Waals surface area contributed by atoms with Gasteiger partial charge in [-0.2, -0.15) is 0 Å². The maximum absolute atomic E-state index is 6.01. The highest BCUT2D eigenvalue weighted by molar-refractivity contribution is 5.98. The second-order valence-electron chi connectivity index (χ2n) is 5.15. The van der Waals surface area contributed by atoms with E-state index in [-0.39, 0.29) is 6.29 Å². The zero-order valence-corrected chi connectivity index (χ0v) is 12.7. The Morgan fingerprint density at radius 1 is 1.20 bits per heavy atom. The van der Waals surface area contributed by atoms with E-state index in [0.717, 1.165) is 22.3 Å². The van der Waals surface area contributed by atoms with Crippen LogP contribution in [0.5, 0.6) is 0 Å². The maximum Gasteiger partial charge on any atom is 0.149 e. The maximum atomic E-state index is 6.01. The van der Waals surface area contributed by atoms with Crippen molar-refractivity contribution in [3.63, 3.8) is 0 Å². The van der Waals surface area contributed by atoms with E-state index in [0.29, 0.717) is 6.10 Å². The predicted molar refractivity (Wildman–Crippen MR) is 66.8 cm³/mol. The highest BCUT2D eigenvalue weighted by atomic mass is 28.2. The van der Waals surface area contributed by atoms with Crippen LogP contribution < -0.4 is 0 Å². The third kappa shape index (κ3) is 4.66. The van der Waals surface area contributed by atoms with E-state index in [2.05, 4.69) is 13.8 Å². The molecular formula is C12H26O2Si.